The third-order valence-electron chi connectivity index (χ3n) is 6.78. The van der Waals surface area contributed by atoms with E-state index in [0.29, 0.717) is 41.6 Å². The molecule has 204 valence electrons. The predicted octanol–water partition coefficient (Wildman–Crippen LogP) is 5.91. The van der Waals surface area contributed by atoms with Crippen molar-refractivity contribution in [1.82, 2.24) is 14.9 Å². The molecular weight excluding hydrogens is 561 g/mol. The van der Waals surface area contributed by atoms with Crippen molar-refractivity contribution >= 4 is 44.4 Å². The van der Waals surface area contributed by atoms with E-state index in [4.69, 9.17) is 16.3 Å². The Morgan fingerprint density at radius 2 is 1.92 bits per heavy atom. The van der Waals surface area contributed by atoms with E-state index in [2.05, 4.69) is 20.2 Å². The number of nitrogens with zero attached hydrogens (tertiary/aromatic N) is 3. The van der Waals surface area contributed by atoms with Gasteiger partial charge in [-0.2, -0.15) is 13.2 Å². The number of likely N-dealkylation sites (N-methyl/N-ethyl adjacent to an activating group) is 1. The third kappa shape index (κ3) is 5.69. The van der Waals surface area contributed by atoms with E-state index < -0.39 is 21.6 Å². The number of sulfone groups is 1. The number of halogens is 4. The summed E-state index contributed by atoms with van der Waals surface area (Å²) in [6.45, 7) is 2.57. The Morgan fingerprint density at radius 1 is 1.18 bits per heavy atom. The Kier molecular flexibility index (Phi) is 7.46. The highest BCUT2D eigenvalue weighted by Gasteiger charge is 2.37. The van der Waals surface area contributed by atoms with Crippen LogP contribution in [0.2, 0.25) is 5.02 Å². The maximum Gasteiger partial charge on any atom is 0.420 e. The molecule has 0 amide bonds. The summed E-state index contributed by atoms with van der Waals surface area (Å²) >= 11 is 7.52. The van der Waals surface area contributed by atoms with Gasteiger partial charge in [-0.3, -0.25) is 0 Å². The topological polar surface area (TPSA) is 84.4 Å². The van der Waals surface area contributed by atoms with Gasteiger partial charge in [0.1, 0.15) is 5.56 Å². The third-order valence-corrected chi connectivity index (χ3v) is 9.67. The van der Waals surface area contributed by atoms with Gasteiger partial charge in [0.25, 0.3) is 0 Å². The normalized spacial score (nSPS) is 17.4. The molecule has 1 N–H and O–H groups in total. The quantitative estimate of drug-likeness (QED) is 0.398. The molecule has 2 aromatic heterocycles. The van der Waals surface area contributed by atoms with Gasteiger partial charge in [0.05, 0.1) is 26.2 Å². The first-order valence-corrected chi connectivity index (χ1v) is 15.1. The van der Waals surface area contributed by atoms with E-state index in [1.54, 1.807) is 0 Å². The molecule has 1 fully saturated rings. The van der Waals surface area contributed by atoms with E-state index >= 15 is 0 Å². The Balaban J connectivity index is 1.57. The summed E-state index contributed by atoms with van der Waals surface area (Å²) in [6.07, 6.45) is -0.947. The van der Waals surface area contributed by atoms with Crippen molar-refractivity contribution in [2.75, 3.05) is 38.4 Å². The highest BCUT2D eigenvalue weighted by Crippen LogP contribution is 2.45. The van der Waals surface area contributed by atoms with E-state index in [0.717, 1.165) is 54.4 Å². The van der Waals surface area contributed by atoms with Gasteiger partial charge in [-0.05, 0) is 61.6 Å². The molecule has 5 rings (SSSR count). The highest BCUT2D eigenvalue weighted by atomic mass is 35.5. The summed E-state index contributed by atoms with van der Waals surface area (Å²) in [7, 11) is -1.67. The van der Waals surface area contributed by atoms with E-state index in [1.807, 2.05) is 19.2 Å². The van der Waals surface area contributed by atoms with Crippen LogP contribution in [0, 0.1) is 0 Å². The second-order valence-corrected chi connectivity index (χ2v) is 13.1. The van der Waals surface area contributed by atoms with Crippen molar-refractivity contribution < 1.29 is 26.3 Å². The fraction of sp³-hybridized carbons (Fsp3) is 0.440. The number of anilines is 2. The summed E-state index contributed by atoms with van der Waals surface area (Å²) < 4.78 is 72.6. The van der Waals surface area contributed by atoms with Crippen LogP contribution < -0.4 is 5.32 Å². The molecule has 2 aliphatic rings. The van der Waals surface area contributed by atoms with Gasteiger partial charge in [0.2, 0.25) is 5.95 Å². The van der Waals surface area contributed by atoms with Crippen LogP contribution in [0.25, 0.3) is 10.6 Å². The lowest BCUT2D eigenvalue weighted by molar-refractivity contribution is -0.137. The van der Waals surface area contributed by atoms with Gasteiger partial charge in [0.15, 0.2) is 9.84 Å². The van der Waals surface area contributed by atoms with Crippen LogP contribution in [-0.4, -0.2) is 56.3 Å². The maximum atomic E-state index is 14.0. The van der Waals surface area contributed by atoms with E-state index in [-0.39, 0.29) is 27.3 Å². The van der Waals surface area contributed by atoms with Gasteiger partial charge in [-0.25, -0.2) is 18.4 Å². The van der Waals surface area contributed by atoms with Crippen LogP contribution in [0.5, 0.6) is 0 Å². The SMILES string of the molecule is CN1CCc2cc(Nc3ncc(C(F)(F)F)c(-c4cc(S(C)(=O)=O)c(C5CCOCC5)s4)n3)c(Cl)cc2C1. The van der Waals surface area contributed by atoms with Crippen LogP contribution in [-0.2, 0) is 33.7 Å². The minimum Gasteiger partial charge on any atom is -0.381 e. The largest absolute Gasteiger partial charge is 0.420 e. The zero-order valence-electron chi connectivity index (χ0n) is 20.7. The number of ether oxygens (including phenoxy) is 1. The molecule has 0 unspecified atom stereocenters. The molecule has 1 aromatic carbocycles. The predicted molar refractivity (Wildman–Crippen MR) is 141 cm³/mol. The fourth-order valence-corrected chi connectivity index (χ4v) is 7.79. The number of hydrogen-bond donors (Lipinski definition) is 1. The Bertz CT molecular complexity index is 1470. The summed E-state index contributed by atoms with van der Waals surface area (Å²) in [4.78, 5) is 11.0. The van der Waals surface area contributed by atoms with Crippen molar-refractivity contribution in [1.29, 1.82) is 0 Å². The number of thiophene rings is 1. The first-order chi connectivity index (χ1) is 17.9. The molecule has 38 heavy (non-hydrogen) atoms. The molecule has 0 atom stereocenters. The number of hydrogen-bond acceptors (Lipinski definition) is 8. The fourth-order valence-electron chi connectivity index (χ4n) is 4.81. The number of fused-ring (bicyclic) bond motifs is 1. The summed E-state index contributed by atoms with van der Waals surface area (Å²) in [5, 5.41) is 3.38. The number of alkyl halides is 3. The standard InChI is InChI=1S/C25H26ClF3N4O3S2/c1-33-6-3-15-10-19(18(26)9-16(15)13-33)31-24-30-12-17(25(27,28)29)22(32-24)20-11-21(38(2,34)35)23(37-20)14-4-7-36-8-5-14/h9-12,14H,3-8,13H2,1-2H3,(H,30,31,32). The number of rotatable bonds is 5. The molecule has 2 aliphatic heterocycles. The number of benzene rings is 1. The van der Waals surface area contributed by atoms with Gasteiger partial charge in [-0.15, -0.1) is 11.3 Å². The van der Waals surface area contributed by atoms with Gasteiger partial charge < -0.3 is 15.0 Å². The molecule has 1 saturated heterocycles. The molecule has 4 heterocycles. The van der Waals surface area contributed by atoms with Crippen LogP contribution in [0.3, 0.4) is 0 Å². The number of aromatic nitrogens is 2. The number of nitrogens with one attached hydrogen (secondary N) is 1. The zero-order chi connectivity index (χ0) is 27.2. The lowest BCUT2D eigenvalue weighted by atomic mass is 9.98. The van der Waals surface area contributed by atoms with Crippen molar-refractivity contribution in [2.24, 2.45) is 0 Å². The van der Waals surface area contributed by atoms with Crippen LogP contribution in [0.4, 0.5) is 24.8 Å². The Morgan fingerprint density at radius 3 is 2.61 bits per heavy atom. The van der Waals surface area contributed by atoms with E-state index in [1.165, 1.54) is 6.07 Å². The molecular formula is C25H26ClF3N4O3S2. The van der Waals surface area contributed by atoms with Crippen LogP contribution in [0.1, 0.15) is 40.3 Å². The average molecular weight is 587 g/mol. The lowest BCUT2D eigenvalue weighted by Gasteiger charge is -2.26. The first kappa shape index (κ1) is 27.3. The molecule has 0 saturated carbocycles. The second-order valence-electron chi connectivity index (χ2n) is 9.67. The Labute approximate surface area is 227 Å². The van der Waals surface area contributed by atoms with Crippen molar-refractivity contribution in [3.8, 4) is 10.6 Å². The summed E-state index contributed by atoms with van der Waals surface area (Å²) in [5.41, 5.74) is 1.27. The summed E-state index contributed by atoms with van der Waals surface area (Å²) in [6, 6.07) is 5.02. The van der Waals surface area contributed by atoms with Crippen LogP contribution >= 0.6 is 22.9 Å². The molecule has 7 nitrogen and oxygen atoms in total. The van der Waals surface area contributed by atoms with Gasteiger partial charge in [-0.1, -0.05) is 11.6 Å². The zero-order valence-corrected chi connectivity index (χ0v) is 23.1. The molecule has 0 spiro atoms. The van der Waals surface area contributed by atoms with Gasteiger partial charge in [0, 0.05) is 43.6 Å². The van der Waals surface area contributed by atoms with Crippen LogP contribution in [0.15, 0.2) is 29.3 Å². The minimum absolute atomic E-state index is 0.0355. The molecule has 0 bridgehead atoms. The summed E-state index contributed by atoms with van der Waals surface area (Å²) in [5.74, 6) is -0.181. The Hall–Kier alpha value is -2.25. The molecule has 0 aliphatic carbocycles. The minimum atomic E-state index is -4.74. The molecule has 3 aromatic rings. The highest BCUT2D eigenvalue weighted by molar-refractivity contribution is 7.91. The van der Waals surface area contributed by atoms with Crippen molar-refractivity contribution in [2.45, 2.75) is 42.8 Å². The maximum absolute atomic E-state index is 14.0. The monoisotopic (exact) mass is 586 g/mol. The smallest absolute Gasteiger partial charge is 0.381 e. The van der Waals surface area contributed by atoms with Crippen molar-refractivity contribution in [3.63, 3.8) is 0 Å². The van der Waals surface area contributed by atoms with E-state index in [9.17, 15) is 21.6 Å². The molecule has 13 heteroatoms. The average Bonchev–Trinajstić information content (AvgIpc) is 3.31. The van der Waals surface area contributed by atoms with Gasteiger partial charge >= 0.3 is 6.18 Å². The second kappa shape index (κ2) is 10.4. The first-order valence-electron chi connectivity index (χ1n) is 12.0. The lowest BCUT2D eigenvalue weighted by Crippen LogP contribution is -2.26. The van der Waals surface area contributed by atoms with Crippen molar-refractivity contribution in [3.05, 3.63) is 51.0 Å². The molecule has 0 radical (unpaired) electrons.